The van der Waals surface area contributed by atoms with Crippen molar-refractivity contribution in [2.75, 3.05) is 34.4 Å². The molecule has 0 aliphatic carbocycles. The number of benzene rings is 1. The van der Waals surface area contributed by atoms with Crippen molar-refractivity contribution < 1.29 is 23.8 Å². The Hall–Kier alpha value is -2.44. The van der Waals surface area contributed by atoms with Gasteiger partial charge in [0.2, 0.25) is 11.7 Å². The minimum absolute atomic E-state index is 0.0189. The normalized spacial score (nSPS) is 9.91. The first-order valence-corrected chi connectivity index (χ1v) is 7.42. The lowest BCUT2D eigenvalue weighted by Crippen LogP contribution is -2.34. The molecule has 7 nitrogen and oxygen atoms in total. The lowest BCUT2D eigenvalue weighted by atomic mass is 10.1. The number of rotatable bonds is 9. The Balaban J connectivity index is 2.67. The lowest BCUT2D eigenvalue weighted by Gasteiger charge is -2.14. The van der Waals surface area contributed by atoms with E-state index < -0.39 is 0 Å². The van der Waals surface area contributed by atoms with Gasteiger partial charge in [-0.05, 0) is 18.6 Å². The van der Waals surface area contributed by atoms with E-state index in [9.17, 15) is 9.59 Å². The Morgan fingerprint density at radius 1 is 0.957 bits per heavy atom. The molecule has 0 saturated carbocycles. The van der Waals surface area contributed by atoms with Crippen molar-refractivity contribution in [2.24, 2.45) is 0 Å². The van der Waals surface area contributed by atoms with Gasteiger partial charge in [-0.3, -0.25) is 9.59 Å². The van der Waals surface area contributed by atoms with Gasteiger partial charge >= 0.3 is 0 Å². The molecule has 0 aliphatic heterocycles. The van der Waals surface area contributed by atoms with Crippen molar-refractivity contribution in [1.82, 2.24) is 10.6 Å². The first-order valence-electron chi connectivity index (χ1n) is 7.42. The minimum atomic E-state index is -0.283. The Morgan fingerprint density at radius 3 is 2.00 bits per heavy atom. The van der Waals surface area contributed by atoms with Crippen molar-refractivity contribution in [2.45, 2.75) is 19.8 Å². The van der Waals surface area contributed by atoms with Gasteiger partial charge < -0.3 is 24.8 Å². The number of ether oxygens (including phenoxy) is 3. The Kier molecular flexibility index (Phi) is 7.73. The van der Waals surface area contributed by atoms with Gasteiger partial charge in [0.1, 0.15) is 0 Å². The first-order chi connectivity index (χ1) is 11.1. The molecule has 0 saturated heterocycles. The second-order valence-corrected chi connectivity index (χ2v) is 4.77. The van der Waals surface area contributed by atoms with Crippen LogP contribution >= 0.6 is 0 Å². The van der Waals surface area contributed by atoms with Crippen LogP contribution in [-0.2, 0) is 4.79 Å². The van der Waals surface area contributed by atoms with E-state index in [0.717, 1.165) is 6.42 Å². The van der Waals surface area contributed by atoms with E-state index in [4.69, 9.17) is 14.2 Å². The lowest BCUT2D eigenvalue weighted by molar-refractivity contribution is -0.121. The number of carbonyl (C=O) groups is 2. The molecule has 2 N–H and O–H groups in total. The van der Waals surface area contributed by atoms with Crippen molar-refractivity contribution >= 4 is 11.8 Å². The van der Waals surface area contributed by atoms with Crippen molar-refractivity contribution in [3.63, 3.8) is 0 Å². The molecule has 0 bridgehead atoms. The highest BCUT2D eigenvalue weighted by atomic mass is 16.5. The van der Waals surface area contributed by atoms with Crippen LogP contribution in [0.1, 0.15) is 30.1 Å². The predicted molar refractivity (Wildman–Crippen MR) is 86.3 cm³/mol. The highest BCUT2D eigenvalue weighted by molar-refractivity contribution is 5.95. The SMILES string of the molecule is CCCC(=O)NCCNC(=O)c1cc(OC)c(OC)c(OC)c1. The van der Waals surface area contributed by atoms with Crippen LogP contribution in [0.15, 0.2) is 12.1 Å². The number of hydrogen-bond donors (Lipinski definition) is 2. The maximum absolute atomic E-state index is 12.2. The standard InChI is InChI=1S/C16H24N2O5/c1-5-6-14(19)17-7-8-18-16(20)11-9-12(21-2)15(23-4)13(10-11)22-3/h9-10H,5-8H2,1-4H3,(H,17,19)(H,18,20). The molecule has 1 aromatic rings. The number of amides is 2. The maximum Gasteiger partial charge on any atom is 0.251 e. The molecule has 1 rings (SSSR count). The number of nitrogens with one attached hydrogen (secondary N) is 2. The fraction of sp³-hybridized carbons (Fsp3) is 0.500. The van der Waals surface area contributed by atoms with Crippen LogP contribution < -0.4 is 24.8 Å². The third-order valence-corrected chi connectivity index (χ3v) is 3.14. The van der Waals surface area contributed by atoms with Crippen molar-refractivity contribution in [1.29, 1.82) is 0 Å². The smallest absolute Gasteiger partial charge is 0.251 e. The van der Waals surface area contributed by atoms with Gasteiger partial charge in [-0.15, -0.1) is 0 Å². The van der Waals surface area contributed by atoms with Gasteiger partial charge in [0.05, 0.1) is 21.3 Å². The van der Waals surface area contributed by atoms with Crippen LogP contribution in [0, 0.1) is 0 Å². The van der Waals surface area contributed by atoms with Crippen LogP contribution in [0.3, 0.4) is 0 Å². The molecular weight excluding hydrogens is 300 g/mol. The Bertz CT molecular complexity index is 520. The minimum Gasteiger partial charge on any atom is -0.493 e. The predicted octanol–water partition coefficient (Wildman–Crippen LogP) is 1.36. The molecule has 0 atom stereocenters. The second kappa shape index (κ2) is 9.55. The summed E-state index contributed by atoms with van der Waals surface area (Å²) in [5, 5.41) is 5.46. The third kappa shape index (κ3) is 5.36. The molecule has 0 aliphatic rings. The van der Waals surface area contributed by atoms with Crippen molar-refractivity contribution in [3.8, 4) is 17.2 Å². The molecule has 0 heterocycles. The number of methoxy groups -OCH3 is 3. The quantitative estimate of drug-likeness (QED) is 0.670. The van der Waals surface area contributed by atoms with Crippen LogP contribution in [0.25, 0.3) is 0 Å². The third-order valence-electron chi connectivity index (χ3n) is 3.14. The van der Waals surface area contributed by atoms with E-state index in [1.807, 2.05) is 6.92 Å². The fourth-order valence-corrected chi connectivity index (χ4v) is 2.01. The molecule has 0 spiro atoms. The summed E-state index contributed by atoms with van der Waals surface area (Å²) in [5.74, 6) is 0.948. The summed E-state index contributed by atoms with van der Waals surface area (Å²) in [7, 11) is 4.48. The molecule has 128 valence electrons. The van der Waals surface area contributed by atoms with Crippen LogP contribution in [-0.4, -0.2) is 46.2 Å². The molecule has 0 fully saturated rings. The molecule has 0 aromatic heterocycles. The van der Waals surface area contributed by atoms with Gasteiger partial charge in [0.15, 0.2) is 11.5 Å². The first kappa shape index (κ1) is 18.6. The van der Waals surface area contributed by atoms with Gasteiger partial charge in [0.25, 0.3) is 5.91 Å². The van der Waals surface area contributed by atoms with Crippen LogP contribution in [0.5, 0.6) is 17.2 Å². The van der Waals surface area contributed by atoms with Gasteiger partial charge in [0, 0.05) is 25.1 Å². The zero-order chi connectivity index (χ0) is 17.2. The van der Waals surface area contributed by atoms with Crippen LogP contribution in [0.2, 0.25) is 0 Å². The van der Waals surface area contributed by atoms with Gasteiger partial charge in [-0.25, -0.2) is 0 Å². The summed E-state index contributed by atoms with van der Waals surface area (Å²) >= 11 is 0. The summed E-state index contributed by atoms with van der Waals surface area (Å²) in [6, 6.07) is 3.15. The van der Waals surface area contributed by atoms with E-state index in [1.54, 1.807) is 12.1 Å². The second-order valence-electron chi connectivity index (χ2n) is 4.77. The van der Waals surface area contributed by atoms with E-state index in [1.165, 1.54) is 21.3 Å². The molecule has 1 aromatic carbocycles. The zero-order valence-corrected chi connectivity index (χ0v) is 14.0. The number of carbonyl (C=O) groups excluding carboxylic acids is 2. The van der Waals surface area contributed by atoms with E-state index >= 15 is 0 Å². The maximum atomic E-state index is 12.2. The highest BCUT2D eigenvalue weighted by Crippen LogP contribution is 2.38. The van der Waals surface area contributed by atoms with E-state index in [0.29, 0.717) is 42.3 Å². The molecular formula is C16H24N2O5. The average Bonchev–Trinajstić information content (AvgIpc) is 2.57. The Labute approximate surface area is 136 Å². The molecule has 2 amide bonds. The van der Waals surface area contributed by atoms with E-state index in [2.05, 4.69) is 10.6 Å². The molecule has 23 heavy (non-hydrogen) atoms. The molecule has 7 heteroatoms. The van der Waals surface area contributed by atoms with Crippen molar-refractivity contribution in [3.05, 3.63) is 17.7 Å². The number of hydrogen-bond acceptors (Lipinski definition) is 5. The summed E-state index contributed by atoms with van der Waals surface area (Å²) in [5.41, 5.74) is 0.388. The summed E-state index contributed by atoms with van der Waals surface area (Å²) in [6.45, 7) is 2.66. The fourth-order valence-electron chi connectivity index (χ4n) is 2.01. The monoisotopic (exact) mass is 324 g/mol. The average molecular weight is 324 g/mol. The van der Waals surface area contributed by atoms with Gasteiger partial charge in [-0.1, -0.05) is 6.92 Å². The Morgan fingerprint density at radius 2 is 1.52 bits per heavy atom. The van der Waals surface area contributed by atoms with E-state index in [-0.39, 0.29) is 11.8 Å². The van der Waals surface area contributed by atoms with Gasteiger partial charge in [-0.2, -0.15) is 0 Å². The summed E-state index contributed by atoms with van der Waals surface area (Å²) < 4.78 is 15.6. The van der Waals surface area contributed by atoms with Crippen LogP contribution in [0.4, 0.5) is 0 Å². The summed E-state index contributed by atoms with van der Waals surface area (Å²) in [4.78, 5) is 23.5. The topological polar surface area (TPSA) is 85.9 Å². The summed E-state index contributed by atoms with van der Waals surface area (Å²) in [6.07, 6.45) is 1.28. The largest absolute Gasteiger partial charge is 0.493 e. The highest BCUT2D eigenvalue weighted by Gasteiger charge is 2.16. The molecule has 0 radical (unpaired) electrons. The zero-order valence-electron chi connectivity index (χ0n) is 14.0. The molecule has 0 unspecified atom stereocenters.